The molecule has 104 valence electrons. The fourth-order valence-electron chi connectivity index (χ4n) is 1.79. The number of carbonyl (C=O) groups excluding carboxylic acids is 2. The van der Waals surface area contributed by atoms with Gasteiger partial charge in [0.15, 0.2) is 5.78 Å². The predicted molar refractivity (Wildman–Crippen MR) is 73.5 cm³/mol. The van der Waals surface area contributed by atoms with Crippen LogP contribution in [-0.2, 0) is 9.53 Å². The van der Waals surface area contributed by atoms with E-state index in [1.807, 2.05) is 6.92 Å². The number of carbonyl (C=O) groups is 2. The monoisotopic (exact) mass is 330 g/mol. The highest BCUT2D eigenvalue weighted by atomic mass is 79.9. The first kappa shape index (κ1) is 15.8. The molecular formula is C14H16BrFO3. The molecule has 0 fully saturated rings. The van der Waals surface area contributed by atoms with E-state index in [1.165, 1.54) is 12.1 Å². The van der Waals surface area contributed by atoms with Gasteiger partial charge in [0.1, 0.15) is 11.7 Å². The highest BCUT2D eigenvalue weighted by molar-refractivity contribution is 9.10. The number of hydrogen-bond acceptors (Lipinski definition) is 3. The molecular weight excluding hydrogens is 315 g/mol. The highest BCUT2D eigenvalue weighted by Crippen LogP contribution is 2.25. The molecule has 1 unspecified atom stereocenters. The number of benzene rings is 1. The number of Topliss-reactive ketones (excluding diaryl/α,β-unsaturated/α-hetero) is 1. The third-order valence-electron chi connectivity index (χ3n) is 2.67. The third-order valence-corrected chi connectivity index (χ3v) is 3.33. The molecule has 0 heterocycles. The molecule has 0 aliphatic carbocycles. The van der Waals surface area contributed by atoms with Crippen LogP contribution in [0.3, 0.4) is 0 Å². The van der Waals surface area contributed by atoms with Crippen LogP contribution in [-0.4, -0.2) is 18.4 Å². The summed E-state index contributed by atoms with van der Waals surface area (Å²) in [6, 6.07) is 4.27. The molecule has 19 heavy (non-hydrogen) atoms. The number of hydrogen-bond donors (Lipinski definition) is 0. The summed E-state index contributed by atoms with van der Waals surface area (Å²) in [6.45, 7) is 3.73. The van der Waals surface area contributed by atoms with Crippen LogP contribution >= 0.6 is 15.9 Å². The van der Waals surface area contributed by atoms with Gasteiger partial charge >= 0.3 is 5.97 Å². The molecule has 0 radical (unpaired) electrons. The summed E-state index contributed by atoms with van der Waals surface area (Å²) < 4.78 is 19.0. The standard InChI is InChI=1S/C14H16BrFO3/c1-3-6-9(14(18)19-4-2)13(17)12-10(15)7-5-8-11(12)16/h5,7-9H,3-4,6H2,1-2H3. The van der Waals surface area contributed by atoms with Crippen LogP contribution in [0.4, 0.5) is 4.39 Å². The van der Waals surface area contributed by atoms with E-state index < -0.39 is 23.5 Å². The average molecular weight is 331 g/mol. The van der Waals surface area contributed by atoms with Gasteiger partial charge in [-0.25, -0.2) is 4.39 Å². The zero-order chi connectivity index (χ0) is 14.4. The maximum absolute atomic E-state index is 13.7. The quantitative estimate of drug-likeness (QED) is 0.453. The molecule has 0 spiro atoms. The van der Waals surface area contributed by atoms with Gasteiger partial charge in [0.2, 0.25) is 0 Å². The fourth-order valence-corrected chi connectivity index (χ4v) is 2.33. The molecule has 0 amide bonds. The van der Waals surface area contributed by atoms with E-state index in [9.17, 15) is 14.0 Å². The van der Waals surface area contributed by atoms with Crippen LogP contribution in [0.15, 0.2) is 22.7 Å². The minimum Gasteiger partial charge on any atom is -0.465 e. The van der Waals surface area contributed by atoms with E-state index >= 15 is 0 Å². The minimum atomic E-state index is -0.946. The Labute approximate surface area is 120 Å². The summed E-state index contributed by atoms with van der Waals surface area (Å²) in [5, 5.41) is 0. The zero-order valence-electron chi connectivity index (χ0n) is 10.9. The van der Waals surface area contributed by atoms with Crippen LogP contribution < -0.4 is 0 Å². The Morgan fingerprint density at radius 3 is 2.58 bits per heavy atom. The summed E-state index contributed by atoms with van der Waals surface area (Å²) in [6.07, 6.45) is 0.986. The normalized spacial score (nSPS) is 12.0. The zero-order valence-corrected chi connectivity index (χ0v) is 12.5. The highest BCUT2D eigenvalue weighted by Gasteiger charge is 2.31. The lowest BCUT2D eigenvalue weighted by atomic mass is 9.93. The fraction of sp³-hybridized carbons (Fsp3) is 0.429. The summed E-state index contributed by atoms with van der Waals surface area (Å²) in [5.74, 6) is -2.71. The topological polar surface area (TPSA) is 43.4 Å². The molecule has 1 aromatic carbocycles. The van der Waals surface area contributed by atoms with Gasteiger partial charge in [0.05, 0.1) is 12.2 Å². The molecule has 0 aliphatic heterocycles. The second-order valence-electron chi connectivity index (χ2n) is 4.05. The van der Waals surface area contributed by atoms with Gasteiger partial charge in [-0.1, -0.05) is 19.4 Å². The molecule has 0 aromatic heterocycles. The molecule has 1 aromatic rings. The molecule has 3 nitrogen and oxygen atoms in total. The van der Waals surface area contributed by atoms with Gasteiger partial charge in [0, 0.05) is 4.47 Å². The van der Waals surface area contributed by atoms with Crippen molar-refractivity contribution in [3.8, 4) is 0 Å². The smallest absolute Gasteiger partial charge is 0.316 e. The number of ether oxygens (including phenoxy) is 1. The molecule has 0 saturated heterocycles. The van der Waals surface area contributed by atoms with Crippen molar-refractivity contribution in [2.45, 2.75) is 26.7 Å². The maximum Gasteiger partial charge on any atom is 0.316 e. The number of ketones is 1. The summed E-state index contributed by atoms with van der Waals surface area (Å²) >= 11 is 3.14. The van der Waals surface area contributed by atoms with Crippen molar-refractivity contribution in [3.05, 3.63) is 34.1 Å². The Balaban J connectivity index is 3.09. The summed E-state index contributed by atoms with van der Waals surface area (Å²) in [4.78, 5) is 24.1. The van der Waals surface area contributed by atoms with Crippen LogP contribution in [0.25, 0.3) is 0 Å². The maximum atomic E-state index is 13.7. The Morgan fingerprint density at radius 2 is 2.05 bits per heavy atom. The van der Waals surface area contributed by atoms with Gasteiger partial charge in [-0.3, -0.25) is 9.59 Å². The van der Waals surface area contributed by atoms with Gasteiger partial charge < -0.3 is 4.74 Å². The molecule has 0 saturated carbocycles. The van der Waals surface area contributed by atoms with E-state index in [0.717, 1.165) is 0 Å². The third kappa shape index (κ3) is 3.86. The van der Waals surface area contributed by atoms with Gasteiger partial charge in [-0.2, -0.15) is 0 Å². The Morgan fingerprint density at radius 1 is 1.37 bits per heavy atom. The lowest BCUT2D eigenvalue weighted by molar-refractivity contribution is -0.146. The van der Waals surface area contributed by atoms with Crippen LogP contribution in [0.5, 0.6) is 0 Å². The molecule has 0 N–H and O–H groups in total. The van der Waals surface area contributed by atoms with E-state index in [4.69, 9.17) is 4.74 Å². The van der Waals surface area contributed by atoms with Crippen LogP contribution in [0.1, 0.15) is 37.0 Å². The van der Waals surface area contributed by atoms with Gasteiger partial charge in [-0.15, -0.1) is 0 Å². The minimum absolute atomic E-state index is 0.0889. The first-order chi connectivity index (χ1) is 9.02. The Kier molecular flexibility index (Phi) is 6.15. The van der Waals surface area contributed by atoms with Crippen molar-refractivity contribution in [1.29, 1.82) is 0 Å². The molecule has 0 aliphatic rings. The number of rotatable bonds is 6. The van der Waals surface area contributed by atoms with Crippen molar-refractivity contribution in [2.75, 3.05) is 6.61 Å². The molecule has 1 rings (SSSR count). The van der Waals surface area contributed by atoms with E-state index in [-0.39, 0.29) is 12.2 Å². The first-order valence-electron chi connectivity index (χ1n) is 6.17. The van der Waals surface area contributed by atoms with Crippen molar-refractivity contribution in [1.82, 2.24) is 0 Å². The van der Waals surface area contributed by atoms with Gasteiger partial charge in [0.25, 0.3) is 0 Å². The van der Waals surface area contributed by atoms with E-state index in [2.05, 4.69) is 15.9 Å². The summed E-state index contributed by atoms with van der Waals surface area (Å²) in [7, 11) is 0. The SMILES string of the molecule is CCCC(C(=O)OCC)C(=O)c1c(F)cccc1Br. The van der Waals surface area contributed by atoms with Gasteiger partial charge in [-0.05, 0) is 41.4 Å². The second-order valence-corrected chi connectivity index (χ2v) is 4.91. The number of esters is 1. The average Bonchev–Trinajstić information content (AvgIpc) is 2.35. The van der Waals surface area contributed by atoms with Crippen LogP contribution in [0.2, 0.25) is 0 Å². The van der Waals surface area contributed by atoms with Crippen molar-refractivity contribution >= 4 is 27.7 Å². The lowest BCUT2D eigenvalue weighted by Crippen LogP contribution is -2.27. The second kappa shape index (κ2) is 7.38. The number of halogens is 2. The van der Waals surface area contributed by atoms with E-state index in [0.29, 0.717) is 17.3 Å². The Bertz CT molecular complexity index is 454. The van der Waals surface area contributed by atoms with E-state index in [1.54, 1.807) is 13.0 Å². The first-order valence-corrected chi connectivity index (χ1v) is 6.97. The molecule has 1 atom stereocenters. The largest absolute Gasteiger partial charge is 0.465 e. The summed E-state index contributed by atoms with van der Waals surface area (Å²) in [5.41, 5.74) is -0.0889. The molecule has 0 bridgehead atoms. The lowest BCUT2D eigenvalue weighted by Gasteiger charge is -2.15. The van der Waals surface area contributed by atoms with Crippen molar-refractivity contribution < 1.29 is 18.7 Å². The molecule has 5 heteroatoms. The van der Waals surface area contributed by atoms with Crippen molar-refractivity contribution in [2.24, 2.45) is 5.92 Å². The van der Waals surface area contributed by atoms with Crippen molar-refractivity contribution in [3.63, 3.8) is 0 Å². The van der Waals surface area contributed by atoms with Crippen LogP contribution in [0, 0.1) is 11.7 Å². The Hall–Kier alpha value is -1.23. The predicted octanol–water partition coefficient (Wildman–Crippen LogP) is 3.75.